The van der Waals surface area contributed by atoms with E-state index in [9.17, 15) is 13.6 Å². The second-order valence-electron chi connectivity index (χ2n) is 3.05. The molecule has 0 amide bonds. The minimum atomic E-state index is -3.02. The van der Waals surface area contributed by atoms with E-state index < -0.39 is 12.6 Å². The van der Waals surface area contributed by atoms with Crippen LogP contribution in [0.25, 0.3) is 0 Å². The molecule has 0 radical (unpaired) electrons. The van der Waals surface area contributed by atoms with Crippen LogP contribution in [0.3, 0.4) is 0 Å². The molecule has 0 heterocycles. The highest BCUT2D eigenvalue weighted by molar-refractivity contribution is 5.98. The van der Waals surface area contributed by atoms with E-state index in [1.54, 1.807) is 0 Å². The summed E-state index contributed by atoms with van der Waals surface area (Å²) in [6.45, 7) is -1.49. The number of anilines is 1. The molecule has 0 atom stereocenters. The Kier molecular flexibility index (Phi) is 3.65. The van der Waals surface area contributed by atoms with Crippen molar-refractivity contribution in [3.05, 3.63) is 23.3 Å². The molecule has 0 saturated carbocycles. The highest BCUT2D eigenvalue weighted by atomic mass is 19.3. The van der Waals surface area contributed by atoms with Crippen molar-refractivity contribution in [3.8, 4) is 5.75 Å². The van der Waals surface area contributed by atoms with Gasteiger partial charge >= 0.3 is 12.6 Å². The van der Waals surface area contributed by atoms with E-state index in [0.29, 0.717) is 5.56 Å². The first-order valence-corrected chi connectivity index (χ1v) is 4.39. The lowest BCUT2D eigenvalue weighted by Crippen LogP contribution is -2.12. The van der Waals surface area contributed by atoms with Gasteiger partial charge in [-0.2, -0.15) is 8.78 Å². The second kappa shape index (κ2) is 4.78. The SMILES string of the molecule is COC(=O)c1c(N)ccc(C)c1OC(F)F. The number of esters is 1. The van der Waals surface area contributed by atoms with Crippen LogP contribution in [0.4, 0.5) is 14.5 Å². The summed E-state index contributed by atoms with van der Waals surface area (Å²) in [5.41, 5.74) is 5.76. The third kappa shape index (κ3) is 2.39. The van der Waals surface area contributed by atoms with Gasteiger partial charge in [0.2, 0.25) is 0 Å². The van der Waals surface area contributed by atoms with Gasteiger partial charge in [0, 0.05) is 5.69 Å². The van der Waals surface area contributed by atoms with Crippen LogP contribution in [-0.4, -0.2) is 19.7 Å². The third-order valence-electron chi connectivity index (χ3n) is 1.98. The van der Waals surface area contributed by atoms with E-state index >= 15 is 0 Å². The van der Waals surface area contributed by atoms with Crippen molar-refractivity contribution in [1.29, 1.82) is 0 Å². The Balaban J connectivity index is 3.31. The molecular weight excluding hydrogens is 220 g/mol. The van der Waals surface area contributed by atoms with Gasteiger partial charge in [-0.05, 0) is 18.6 Å². The molecule has 6 heteroatoms. The summed E-state index contributed by atoms with van der Waals surface area (Å²) < 4.78 is 33.0. The molecule has 0 fully saturated rings. The average Bonchev–Trinajstić information content (AvgIpc) is 2.22. The van der Waals surface area contributed by atoms with Crippen LogP contribution >= 0.6 is 0 Å². The van der Waals surface area contributed by atoms with Crippen molar-refractivity contribution in [2.24, 2.45) is 0 Å². The number of halogens is 2. The quantitative estimate of drug-likeness (QED) is 0.638. The first-order chi connectivity index (χ1) is 7.47. The zero-order valence-electron chi connectivity index (χ0n) is 8.79. The van der Waals surface area contributed by atoms with E-state index in [1.165, 1.54) is 19.1 Å². The summed E-state index contributed by atoms with van der Waals surface area (Å²) in [4.78, 5) is 11.4. The highest BCUT2D eigenvalue weighted by Gasteiger charge is 2.21. The standard InChI is InChI=1S/C10H11F2NO3/c1-5-3-4-6(13)7(9(14)15-2)8(5)16-10(11)12/h3-4,10H,13H2,1-2H3. The summed E-state index contributed by atoms with van der Waals surface area (Å²) in [7, 11) is 1.14. The zero-order valence-corrected chi connectivity index (χ0v) is 8.79. The smallest absolute Gasteiger partial charge is 0.387 e. The predicted octanol–water partition coefficient (Wildman–Crippen LogP) is 1.97. The van der Waals surface area contributed by atoms with Crippen molar-refractivity contribution in [1.82, 2.24) is 0 Å². The van der Waals surface area contributed by atoms with Gasteiger partial charge in [-0.25, -0.2) is 4.79 Å². The number of ether oxygens (including phenoxy) is 2. The van der Waals surface area contributed by atoms with Gasteiger partial charge in [0.05, 0.1) is 7.11 Å². The molecule has 0 spiro atoms. The number of nitrogens with two attached hydrogens (primary N) is 1. The Labute approximate surface area is 91.0 Å². The monoisotopic (exact) mass is 231 g/mol. The van der Waals surface area contributed by atoms with Crippen LogP contribution in [0, 0.1) is 6.92 Å². The van der Waals surface area contributed by atoms with Gasteiger partial charge in [0.15, 0.2) is 0 Å². The van der Waals surface area contributed by atoms with E-state index in [-0.39, 0.29) is 17.0 Å². The first-order valence-electron chi connectivity index (χ1n) is 4.39. The van der Waals surface area contributed by atoms with E-state index in [4.69, 9.17) is 5.73 Å². The summed E-state index contributed by atoms with van der Waals surface area (Å²) in [6.07, 6.45) is 0. The maximum absolute atomic E-state index is 12.2. The van der Waals surface area contributed by atoms with Gasteiger partial charge < -0.3 is 15.2 Å². The van der Waals surface area contributed by atoms with Crippen molar-refractivity contribution >= 4 is 11.7 Å². The average molecular weight is 231 g/mol. The van der Waals surface area contributed by atoms with Crippen LogP contribution in [-0.2, 0) is 4.74 Å². The lowest BCUT2D eigenvalue weighted by Gasteiger charge is -2.13. The van der Waals surface area contributed by atoms with Gasteiger partial charge in [-0.1, -0.05) is 6.07 Å². The second-order valence-corrected chi connectivity index (χ2v) is 3.05. The summed E-state index contributed by atoms with van der Waals surface area (Å²) >= 11 is 0. The molecular formula is C10H11F2NO3. The fourth-order valence-electron chi connectivity index (χ4n) is 1.26. The lowest BCUT2D eigenvalue weighted by molar-refractivity contribution is -0.0508. The predicted molar refractivity (Wildman–Crippen MR) is 53.6 cm³/mol. The van der Waals surface area contributed by atoms with Crippen LogP contribution in [0.15, 0.2) is 12.1 Å². The lowest BCUT2D eigenvalue weighted by atomic mass is 10.1. The largest absolute Gasteiger partial charge is 0.465 e. The molecule has 0 aromatic heterocycles. The van der Waals surface area contributed by atoms with Crippen molar-refractivity contribution < 1.29 is 23.0 Å². The van der Waals surface area contributed by atoms with Gasteiger partial charge in [-0.15, -0.1) is 0 Å². The molecule has 1 rings (SSSR count). The molecule has 0 aliphatic rings. The fraction of sp³-hybridized carbons (Fsp3) is 0.300. The van der Waals surface area contributed by atoms with Crippen LogP contribution in [0.1, 0.15) is 15.9 Å². The van der Waals surface area contributed by atoms with Crippen molar-refractivity contribution in [2.75, 3.05) is 12.8 Å². The Morgan fingerprint density at radius 1 is 1.44 bits per heavy atom. The Hall–Kier alpha value is -1.85. The maximum atomic E-state index is 12.2. The molecule has 1 aromatic rings. The molecule has 0 bridgehead atoms. The van der Waals surface area contributed by atoms with Gasteiger partial charge in [0.1, 0.15) is 11.3 Å². The molecule has 0 saturated heterocycles. The number of alkyl halides is 2. The molecule has 1 aromatic carbocycles. The number of carbonyl (C=O) groups excluding carboxylic acids is 1. The van der Waals surface area contributed by atoms with Crippen LogP contribution < -0.4 is 10.5 Å². The molecule has 2 N–H and O–H groups in total. The summed E-state index contributed by atoms with van der Waals surface area (Å²) in [5.74, 6) is -1.06. The zero-order chi connectivity index (χ0) is 12.3. The molecule has 0 unspecified atom stereocenters. The number of rotatable bonds is 3. The molecule has 16 heavy (non-hydrogen) atoms. The van der Waals surface area contributed by atoms with Crippen molar-refractivity contribution in [2.45, 2.75) is 13.5 Å². The van der Waals surface area contributed by atoms with E-state index in [0.717, 1.165) is 7.11 Å². The minimum Gasteiger partial charge on any atom is -0.465 e. The Morgan fingerprint density at radius 3 is 2.56 bits per heavy atom. The number of carbonyl (C=O) groups is 1. The number of nitrogen functional groups attached to an aromatic ring is 1. The fourth-order valence-corrected chi connectivity index (χ4v) is 1.26. The molecule has 0 aliphatic heterocycles. The van der Waals surface area contributed by atoms with E-state index in [1.807, 2.05) is 0 Å². The maximum Gasteiger partial charge on any atom is 0.387 e. The number of methoxy groups -OCH3 is 1. The molecule has 4 nitrogen and oxygen atoms in total. The Morgan fingerprint density at radius 2 is 2.06 bits per heavy atom. The molecule has 88 valence electrons. The Bertz CT molecular complexity index is 407. The van der Waals surface area contributed by atoms with Gasteiger partial charge in [0.25, 0.3) is 0 Å². The van der Waals surface area contributed by atoms with E-state index in [2.05, 4.69) is 9.47 Å². The summed E-state index contributed by atoms with van der Waals surface area (Å²) in [5, 5.41) is 0. The highest BCUT2D eigenvalue weighted by Crippen LogP contribution is 2.30. The van der Waals surface area contributed by atoms with Crippen LogP contribution in [0.2, 0.25) is 0 Å². The normalized spacial score (nSPS) is 10.3. The summed E-state index contributed by atoms with van der Waals surface area (Å²) in [6, 6.07) is 2.92. The minimum absolute atomic E-state index is 0.0353. The molecule has 0 aliphatic carbocycles. The third-order valence-corrected chi connectivity index (χ3v) is 1.98. The number of aryl methyl sites for hydroxylation is 1. The first kappa shape index (κ1) is 12.2. The number of hydrogen-bond donors (Lipinski definition) is 1. The number of benzene rings is 1. The van der Waals surface area contributed by atoms with Crippen molar-refractivity contribution in [3.63, 3.8) is 0 Å². The number of hydrogen-bond acceptors (Lipinski definition) is 4. The topological polar surface area (TPSA) is 61.5 Å². The van der Waals surface area contributed by atoms with Gasteiger partial charge in [-0.3, -0.25) is 0 Å². The van der Waals surface area contributed by atoms with Crippen LogP contribution in [0.5, 0.6) is 5.75 Å².